The number of para-hydroxylation sites is 1. The van der Waals surface area contributed by atoms with Crippen molar-refractivity contribution in [3.05, 3.63) is 29.8 Å². The SMILES string of the molecule is CC(CN)C(=O)Nc1ccccc1C(=O)N1CCCN(C)CC1. The summed E-state index contributed by atoms with van der Waals surface area (Å²) < 4.78 is 0. The van der Waals surface area contributed by atoms with Crippen LogP contribution in [-0.4, -0.2) is 61.4 Å². The molecule has 0 bridgehead atoms. The van der Waals surface area contributed by atoms with Crippen molar-refractivity contribution >= 4 is 17.5 Å². The molecule has 1 aliphatic rings. The lowest BCUT2D eigenvalue weighted by atomic mass is 10.1. The summed E-state index contributed by atoms with van der Waals surface area (Å²) in [6.07, 6.45) is 0.959. The summed E-state index contributed by atoms with van der Waals surface area (Å²) in [5, 5.41) is 2.83. The maximum absolute atomic E-state index is 12.8. The van der Waals surface area contributed by atoms with E-state index in [-0.39, 0.29) is 24.3 Å². The average Bonchev–Trinajstić information content (AvgIpc) is 2.78. The molecule has 6 nitrogen and oxygen atoms in total. The van der Waals surface area contributed by atoms with E-state index in [4.69, 9.17) is 5.73 Å². The van der Waals surface area contributed by atoms with Crippen molar-refractivity contribution in [1.82, 2.24) is 9.80 Å². The van der Waals surface area contributed by atoms with Crippen LogP contribution >= 0.6 is 0 Å². The fourth-order valence-corrected chi connectivity index (χ4v) is 2.56. The number of hydrogen-bond donors (Lipinski definition) is 2. The van der Waals surface area contributed by atoms with Gasteiger partial charge in [-0.2, -0.15) is 0 Å². The second-order valence-electron chi connectivity index (χ2n) is 6.12. The Bertz CT molecular complexity index is 561. The van der Waals surface area contributed by atoms with E-state index in [1.807, 2.05) is 17.0 Å². The number of hydrogen-bond acceptors (Lipinski definition) is 4. The molecule has 1 unspecified atom stereocenters. The van der Waals surface area contributed by atoms with Gasteiger partial charge >= 0.3 is 0 Å². The minimum Gasteiger partial charge on any atom is -0.337 e. The third-order valence-corrected chi connectivity index (χ3v) is 4.22. The van der Waals surface area contributed by atoms with E-state index in [9.17, 15) is 9.59 Å². The summed E-state index contributed by atoms with van der Waals surface area (Å²) in [6, 6.07) is 7.16. The highest BCUT2D eigenvalue weighted by Gasteiger charge is 2.22. The first-order valence-corrected chi connectivity index (χ1v) is 8.10. The Kier molecular flexibility index (Phi) is 6.12. The van der Waals surface area contributed by atoms with E-state index >= 15 is 0 Å². The Morgan fingerprint density at radius 1 is 1.22 bits per heavy atom. The van der Waals surface area contributed by atoms with Gasteiger partial charge in [0.2, 0.25) is 5.91 Å². The smallest absolute Gasteiger partial charge is 0.256 e. The standard InChI is InChI=1S/C17H26N4O2/c1-13(12-18)16(22)19-15-7-4-3-6-14(15)17(23)21-9-5-8-20(2)10-11-21/h3-4,6-7,13H,5,8-12,18H2,1-2H3,(H,19,22). The van der Waals surface area contributed by atoms with Gasteiger partial charge < -0.3 is 20.9 Å². The molecule has 1 fully saturated rings. The molecule has 2 rings (SSSR count). The van der Waals surface area contributed by atoms with Crippen LogP contribution in [0.25, 0.3) is 0 Å². The molecule has 0 saturated carbocycles. The van der Waals surface area contributed by atoms with Gasteiger partial charge in [-0.25, -0.2) is 0 Å². The van der Waals surface area contributed by atoms with Crippen molar-refractivity contribution in [2.24, 2.45) is 11.7 Å². The van der Waals surface area contributed by atoms with Crippen LogP contribution in [0.15, 0.2) is 24.3 Å². The predicted octanol–water partition coefficient (Wildman–Crippen LogP) is 0.998. The normalized spacial score (nSPS) is 17.4. The first-order chi connectivity index (χ1) is 11.0. The number of anilines is 1. The maximum atomic E-state index is 12.8. The molecule has 0 spiro atoms. The quantitative estimate of drug-likeness (QED) is 0.868. The highest BCUT2D eigenvalue weighted by Crippen LogP contribution is 2.19. The fourth-order valence-electron chi connectivity index (χ4n) is 2.56. The van der Waals surface area contributed by atoms with Gasteiger partial charge in [0, 0.05) is 32.1 Å². The van der Waals surface area contributed by atoms with Crippen molar-refractivity contribution in [3.63, 3.8) is 0 Å². The van der Waals surface area contributed by atoms with Crippen LogP contribution in [0.4, 0.5) is 5.69 Å². The van der Waals surface area contributed by atoms with Crippen molar-refractivity contribution in [2.75, 3.05) is 45.1 Å². The summed E-state index contributed by atoms with van der Waals surface area (Å²) in [5.74, 6) is -0.482. The van der Waals surface area contributed by atoms with E-state index in [1.54, 1.807) is 19.1 Å². The number of nitrogens with two attached hydrogens (primary N) is 1. The van der Waals surface area contributed by atoms with Crippen molar-refractivity contribution in [2.45, 2.75) is 13.3 Å². The van der Waals surface area contributed by atoms with Gasteiger partial charge in [0.25, 0.3) is 5.91 Å². The summed E-state index contributed by atoms with van der Waals surface area (Å²) in [6.45, 7) is 5.35. The van der Waals surface area contributed by atoms with Crippen LogP contribution in [0.3, 0.4) is 0 Å². The highest BCUT2D eigenvalue weighted by atomic mass is 16.2. The first-order valence-electron chi connectivity index (χ1n) is 8.10. The zero-order chi connectivity index (χ0) is 16.8. The minimum atomic E-state index is -0.287. The van der Waals surface area contributed by atoms with Crippen LogP contribution < -0.4 is 11.1 Å². The summed E-state index contributed by atoms with van der Waals surface area (Å²) in [4.78, 5) is 29.0. The van der Waals surface area contributed by atoms with Crippen LogP contribution in [-0.2, 0) is 4.79 Å². The Balaban J connectivity index is 2.15. The largest absolute Gasteiger partial charge is 0.337 e. The molecule has 126 valence electrons. The van der Waals surface area contributed by atoms with E-state index in [0.29, 0.717) is 17.8 Å². The van der Waals surface area contributed by atoms with Crippen LogP contribution in [0, 0.1) is 5.92 Å². The lowest BCUT2D eigenvalue weighted by Gasteiger charge is -2.22. The Labute approximate surface area is 137 Å². The number of amides is 2. The zero-order valence-electron chi connectivity index (χ0n) is 13.9. The summed E-state index contributed by atoms with van der Waals surface area (Å²) >= 11 is 0. The second kappa shape index (κ2) is 8.08. The van der Waals surface area contributed by atoms with Gasteiger partial charge in [-0.1, -0.05) is 19.1 Å². The second-order valence-corrected chi connectivity index (χ2v) is 6.12. The molecule has 3 N–H and O–H groups in total. The summed E-state index contributed by atoms with van der Waals surface area (Å²) in [7, 11) is 2.07. The third kappa shape index (κ3) is 4.53. The molecule has 0 aliphatic carbocycles. The molecule has 1 heterocycles. The highest BCUT2D eigenvalue weighted by molar-refractivity contribution is 6.04. The van der Waals surface area contributed by atoms with Crippen molar-refractivity contribution in [3.8, 4) is 0 Å². The molecule has 1 aliphatic heterocycles. The number of nitrogens with zero attached hydrogens (tertiary/aromatic N) is 2. The van der Waals surface area contributed by atoms with Gasteiger partial charge in [0.15, 0.2) is 0 Å². The molecule has 6 heteroatoms. The number of likely N-dealkylation sites (N-methyl/N-ethyl adjacent to an activating group) is 1. The van der Waals surface area contributed by atoms with Gasteiger partial charge in [-0.15, -0.1) is 0 Å². The van der Waals surface area contributed by atoms with Gasteiger partial charge in [0.1, 0.15) is 0 Å². The topological polar surface area (TPSA) is 78.7 Å². The van der Waals surface area contributed by atoms with Gasteiger partial charge in [-0.05, 0) is 32.1 Å². The molecule has 23 heavy (non-hydrogen) atoms. The first kappa shape index (κ1) is 17.4. The lowest BCUT2D eigenvalue weighted by Crippen LogP contribution is -2.35. The van der Waals surface area contributed by atoms with Crippen molar-refractivity contribution < 1.29 is 9.59 Å². The molecule has 1 saturated heterocycles. The molecular weight excluding hydrogens is 292 g/mol. The van der Waals surface area contributed by atoms with Crippen LogP contribution in [0.5, 0.6) is 0 Å². The van der Waals surface area contributed by atoms with Gasteiger partial charge in [-0.3, -0.25) is 9.59 Å². The van der Waals surface area contributed by atoms with Crippen molar-refractivity contribution in [1.29, 1.82) is 0 Å². The number of rotatable bonds is 4. The van der Waals surface area contributed by atoms with E-state index in [2.05, 4.69) is 17.3 Å². The molecule has 0 aromatic heterocycles. The Morgan fingerprint density at radius 2 is 1.96 bits per heavy atom. The van der Waals surface area contributed by atoms with Crippen LogP contribution in [0.2, 0.25) is 0 Å². The van der Waals surface area contributed by atoms with E-state index in [0.717, 1.165) is 26.1 Å². The minimum absolute atomic E-state index is 0.0309. The molecule has 1 aromatic carbocycles. The Morgan fingerprint density at radius 3 is 2.70 bits per heavy atom. The molecular formula is C17H26N4O2. The maximum Gasteiger partial charge on any atom is 0.256 e. The number of nitrogens with one attached hydrogen (secondary N) is 1. The number of carbonyl (C=O) groups is 2. The molecule has 1 aromatic rings. The molecule has 1 atom stereocenters. The molecule has 2 amide bonds. The monoisotopic (exact) mass is 318 g/mol. The summed E-state index contributed by atoms with van der Waals surface area (Å²) in [5.41, 5.74) is 6.62. The van der Waals surface area contributed by atoms with E-state index in [1.165, 1.54) is 0 Å². The molecule has 0 radical (unpaired) electrons. The number of benzene rings is 1. The fraction of sp³-hybridized carbons (Fsp3) is 0.529. The zero-order valence-corrected chi connectivity index (χ0v) is 13.9. The lowest BCUT2D eigenvalue weighted by molar-refractivity contribution is -0.119. The predicted molar refractivity (Wildman–Crippen MR) is 91.3 cm³/mol. The van der Waals surface area contributed by atoms with Gasteiger partial charge in [0.05, 0.1) is 11.3 Å². The third-order valence-electron chi connectivity index (χ3n) is 4.22. The average molecular weight is 318 g/mol. The van der Waals surface area contributed by atoms with E-state index < -0.39 is 0 Å². The number of carbonyl (C=O) groups excluding carboxylic acids is 2. The Hall–Kier alpha value is -1.92. The van der Waals surface area contributed by atoms with Crippen LogP contribution in [0.1, 0.15) is 23.7 Å².